The lowest BCUT2D eigenvalue weighted by Gasteiger charge is -2.06. The number of hydrogen-bond acceptors (Lipinski definition) is 6. The molecule has 0 aliphatic rings. The smallest absolute Gasteiger partial charge is 0.235 e. The summed E-state index contributed by atoms with van der Waals surface area (Å²) in [5.74, 6) is 3.43. The van der Waals surface area contributed by atoms with E-state index in [1.807, 2.05) is 53.5 Å². The van der Waals surface area contributed by atoms with Crippen molar-refractivity contribution < 1.29 is 4.74 Å². The van der Waals surface area contributed by atoms with Crippen molar-refractivity contribution in [2.75, 3.05) is 6.61 Å². The van der Waals surface area contributed by atoms with E-state index in [4.69, 9.17) is 9.84 Å². The molecule has 0 aliphatic carbocycles. The number of nitrogens with zero attached hydrogens (tertiary/aromatic N) is 4. The van der Waals surface area contributed by atoms with Gasteiger partial charge in [0.2, 0.25) is 4.96 Å². The summed E-state index contributed by atoms with van der Waals surface area (Å²) in [6.45, 7) is 2.61. The monoisotopic (exact) mass is 382 g/mol. The van der Waals surface area contributed by atoms with Crippen LogP contribution in [0.1, 0.15) is 18.3 Å². The molecule has 0 radical (unpaired) electrons. The predicted molar refractivity (Wildman–Crippen MR) is 107 cm³/mol. The lowest BCUT2D eigenvalue weighted by Crippen LogP contribution is -1.96. The maximum absolute atomic E-state index is 5.73. The number of hydrogen-bond donors (Lipinski definition) is 0. The molecule has 0 amide bonds. The van der Waals surface area contributed by atoms with Crippen LogP contribution in [0.5, 0.6) is 5.75 Å². The van der Waals surface area contributed by atoms with Gasteiger partial charge >= 0.3 is 0 Å². The summed E-state index contributed by atoms with van der Waals surface area (Å²) in [5.41, 5.74) is 2.30. The second-order valence-electron chi connectivity index (χ2n) is 5.63. The molecule has 5 nitrogen and oxygen atoms in total. The first-order chi connectivity index (χ1) is 12.8. The van der Waals surface area contributed by atoms with E-state index in [2.05, 4.69) is 34.5 Å². The average Bonchev–Trinajstić information content (AvgIpc) is 3.25. The molecule has 0 saturated heterocycles. The molecule has 0 N–H and O–H groups in total. The molecule has 4 rings (SSSR count). The van der Waals surface area contributed by atoms with Crippen LogP contribution >= 0.6 is 23.1 Å². The molecule has 2 heterocycles. The maximum atomic E-state index is 5.73. The Balaban J connectivity index is 1.54. The van der Waals surface area contributed by atoms with Crippen LogP contribution in [-0.4, -0.2) is 26.4 Å². The predicted octanol–water partition coefficient (Wildman–Crippen LogP) is 4.68. The van der Waals surface area contributed by atoms with Gasteiger partial charge < -0.3 is 4.74 Å². The van der Waals surface area contributed by atoms with E-state index in [0.717, 1.165) is 38.6 Å². The van der Waals surface area contributed by atoms with Gasteiger partial charge in [-0.2, -0.15) is 9.61 Å². The van der Waals surface area contributed by atoms with Gasteiger partial charge in [-0.1, -0.05) is 53.8 Å². The SMILES string of the molecule is CCOc1ccccc1-c1nn2c(CSCc3ccccc3)nnc2s1. The molecular weight excluding hydrogens is 364 g/mol. The lowest BCUT2D eigenvalue weighted by atomic mass is 10.2. The van der Waals surface area contributed by atoms with Crippen LogP contribution < -0.4 is 4.74 Å². The first-order valence-corrected chi connectivity index (χ1v) is 10.4. The Labute approximate surface area is 160 Å². The number of thioether (sulfide) groups is 1. The number of ether oxygens (including phenoxy) is 1. The minimum Gasteiger partial charge on any atom is -0.493 e. The average molecular weight is 383 g/mol. The molecule has 0 unspecified atom stereocenters. The van der Waals surface area contributed by atoms with Crippen molar-refractivity contribution >= 4 is 28.1 Å². The van der Waals surface area contributed by atoms with Crippen molar-refractivity contribution in [3.63, 3.8) is 0 Å². The van der Waals surface area contributed by atoms with Crippen molar-refractivity contribution in [2.24, 2.45) is 0 Å². The molecule has 26 heavy (non-hydrogen) atoms. The van der Waals surface area contributed by atoms with Crippen LogP contribution in [0.4, 0.5) is 0 Å². The van der Waals surface area contributed by atoms with Crippen molar-refractivity contribution in [2.45, 2.75) is 18.4 Å². The van der Waals surface area contributed by atoms with Crippen LogP contribution in [0.25, 0.3) is 15.5 Å². The summed E-state index contributed by atoms with van der Waals surface area (Å²) in [6.07, 6.45) is 0. The fourth-order valence-corrected chi connectivity index (χ4v) is 4.40. The van der Waals surface area contributed by atoms with Crippen LogP contribution in [0.15, 0.2) is 54.6 Å². The Morgan fingerprint density at radius 2 is 1.81 bits per heavy atom. The second kappa shape index (κ2) is 7.88. The summed E-state index contributed by atoms with van der Waals surface area (Å²) >= 11 is 3.34. The molecule has 0 bridgehead atoms. The molecule has 0 fully saturated rings. The maximum Gasteiger partial charge on any atom is 0.235 e. The van der Waals surface area contributed by atoms with Crippen molar-refractivity contribution in [3.05, 3.63) is 66.0 Å². The standard InChI is InChI=1S/C19H18N4OS2/c1-2-24-16-11-7-6-10-15(16)18-22-23-17(20-21-19(23)26-18)13-25-12-14-8-4-3-5-9-14/h3-11H,2,12-13H2,1H3. The lowest BCUT2D eigenvalue weighted by molar-refractivity contribution is 0.341. The van der Waals surface area contributed by atoms with E-state index in [0.29, 0.717) is 6.61 Å². The number of fused-ring (bicyclic) bond motifs is 1. The van der Waals surface area contributed by atoms with Crippen molar-refractivity contribution in [1.82, 2.24) is 19.8 Å². The van der Waals surface area contributed by atoms with Gasteiger partial charge in [-0.3, -0.25) is 0 Å². The summed E-state index contributed by atoms with van der Waals surface area (Å²) in [6, 6.07) is 18.4. The highest BCUT2D eigenvalue weighted by molar-refractivity contribution is 7.97. The number of benzene rings is 2. The third kappa shape index (κ3) is 3.59. The van der Waals surface area contributed by atoms with E-state index in [1.54, 1.807) is 0 Å². The summed E-state index contributed by atoms with van der Waals surface area (Å²) in [7, 11) is 0. The van der Waals surface area contributed by atoms with Crippen LogP contribution in [0, 0.1) is 0 Å². The first kappa shape index (κ1) is 17.1. The van der Waals surface area contributed by atoms with E-state index < -0.39 is 0 Å². The Morgan fingerprint density at radius 1 is 1.00 bits per heavy atom. The number of para-hydroxylation sites is 1. The molecule has 0 saturated carbocycles. The number of rotatable bonds is 7. The van der Waals surface area contributed by atoms with Gasteiger partial charge in [0.05, 0.1) is 17.9 Å². The zero-order valence-corrected chi connectivity index (χ0v) is 16.0. The van der Waals surface area contributed by atoms with E-state index in [9.17, 15) is 0 Å². The minimum atomic E-state index is 0.627. The molecule has 2 aromatic heterocycles. The highest BCUT2D eigenvalue weighted by Crippen LogP contribution is 2.33. The Hall–Kier alpha value is -2.38. The molecular formula is C19H18N4OS2. The quantitative estimate of drug-likeness (QED) is 0.464. The third-order valence-corrected chi connectivity index (χ3v) is 5.75. The highest BCUT2D eigenvalue weighted by Gasteiger charge is 2.15. The summed E-state index contributed by atoms with van der Waals surface area (Å²) in [5, 5.41) is 14.2. The zero-order valence-electron chi connectivity index (χ0n) is 14.3. The first-order valence-electron chi connectivity index (χ1n) is 8.40. The molecule has 2 aromatic carbocycles. The van der Waals surface area contributed by atoms with Crippen molar-refractivity contribution in [1.29, 1.82) is 0 Å². The van der Waals surface area contributed by atoms with Crippen molar-refractivity contribution in [3.8, 4) is 16.3 Å². The number of aromatic nitrogens is 4. The van der Waals surface area contributed by atoms with Gasteiger partial charge in [0.25, 0.3) is 0 Å². The minimum absolute atomic E-state index is 0.627. The highest BCUT2D eigenvalue weighted by atomic mass is 32.2. The van der Waals surface area contributed by atoms with Gasteiger partial charge in [-0.25, -0.2) is 0 Å². The summed E-state index contributed by atoms with van der Waals surface area (Å²) < 4.78 is 7.57. The normalized spacial score (nSPS) is 11.1. The van der Waals surface area contributed by atoms with Crippen LogP contribution in [0.3, 0.4) is 0 Å². The Kier molecular flexibility index (Phi) is 5.17. The van der Waals surface area contributed by atoms with E-state index in [1.165, 1.54) is 16.9 Å². The largest absolute Gasteiger partial charge is 0.493 e. The van der Waals surface area contributed by atoms with Gasteiger partial charge in [-0.15, -0.1) is 22.0 Å². The third-order valence-electron chi connectivity index (χ3n) is 3.82. The zero-order chi connectivity index (χ0) is 17.8. The second-order valence-corrected chi connectivity index (χ2v) is 7.57. The van der Waals surface area contributed by atoms with E-state index in [-0.39, 0.29) is 0 Å². The topological polar surface area (TPSA) is 52.3 Å². The summed E-state index contributed by atoms with van der Waals surface area (Å²) in [4.78, 5) is 0.807. The fourth-order valence-electron chi connectivity index (χ4n) is 2.62. The Bertz CT molecular complexity index is 997. The van der Waals surface area contributed by atoms with Gasteiger partial charge in [0.1, 0.15) is 5.75 Å². The molecule has 0 spiro atoms. The molecule has 7 heteroatoms. The molecule has 0 aliphatic heterocycles. The molecule has 4 aromatic rings. The molecule has 0 atom stereocenters. The Morgan fingerprint density at radius 3 is 2.65 bits per heavy atom. The molecule has 132 valence electrons. The van der Waals surface area contributed by atoms with Gasteiger partial charge in [0.15, 0.2) is 10.8 Å². The van der Waals surface area contributed by atoms with Gasteiger partial charge in [-0.05, 0) is 24.6 Å². The van der Waals surface area contributed by atoms with Crippen LogP contribution in [-0.2, 0) is 11.5 Å². The van der Waals surface area contributed by atoms with Crippen LogP contribution in [0.2, 0.25) is 0 Å². The van der Waals surface area contributed by atoms with Gasteiger partial charge in [0, 0.05) is 5.75 Å². The fraction of sp³-hybridized carbons (Fsp3) is 0.211. The van der Waals surface area contributed by atoms with E-state index >= 15 is 0 Å².